The fourth-order valence-electron chi connectivity index (χ4n) is 3.91. The second-order valence-corrected chi connectivity index (χ2v) is 7.92. The van der Waals surface area contributed by atoms with Crippen LogP contribution < -0.4 is 5.69 Å². The molecule has 3 heterocycles. The molecule has 0 spiro atoms. The lowest BCUT2D eigenvalue weighted by Crippen LogP contribution is -2.24. The van der Waals surface area contributed by atoms with Gasteiger partial charge in [-0.2, -0.15) is 5.21 Å². The number of tetrazole rings is 1. The number of hydrogen-bond acceptors (Lipinski definition) is 5. The molecule has 0 saturated heterocycles. The number of nitrogens with zero attached hydrogens (tertiary/aromatic N) is 6. The highest BCUT2D eigenvalue weighted by molar-refractivity contribution is 5.77. The van der Waals surface area contributed by atoms with E-state index in [0.717, 1.165) is 73.3 Å². The molecular formula is C24H29N7O. The highest BCUT2D eigenvalue weighted by Gasteiger charge is 2.15. The normalized spacial score (nSPS) is 11.2. The average molecular weight is 432 g/mol. The Kier molecular flexibility index (Phi) is 6.89. The lowest BCUT2D eigenvalue weighted by molar-refractivity contribution is 0.584. The van der Waals surface area contributed by atoms with Crippen LogP contribution in [0.15, 0.2) is 53.6 Å². The van der Waals surface area contributed by atoms with Crippen LogP contribution in [0.25, 0.3) is 28.3 Å². The van der Waals surface area contributed by atoms with Crippen molar-refractivity contribution in [3.8, 4) is 28.3 Å². The predicted molar refractivity (Wildman–Crippen MR) is 125 cm³/mol. The van der Waals surface area contributed by atoms with Crippen molar-refractivity contribution in [2.24, 2.45) is 0 Å². The largest absolute Gasteiger partial charge is 0.332 e. The van der Waals surface area contributed by atoms with Gasteiger partial charge in [-0.25, -0.2) is 4.79 Å². The van der Waals surface area contributed by atoms with Gasteiger partial charge in [0, 0.05) is 35.8 Å². The minimum Gasteiger partial charge on any atom is -0.299 e. The van der Waals surface area contributed by atoms with Gasteiger partial charge in [0.05, 0.1) is 11.4 Å². The Morgan fingerprint density at radius 1 is 1.00 bits per heavy atom. The summed E-state index contributed by atoms with van der Waals surface area (Å²) in [7, 11) is 0. The van der Waals surface area contributed by atoms with E-state index >= 15 is 0 Å². The van der Waals surface area contributed by atoms with Gasteiger partial charge in [0.25, 0.3) is 0 Å². The Bertz CT molecular complexity index is 1190. The van der Waals surface area contributed by atoms with Crippen LogP contribution in [0, 0.1) is 0 Å². The Morgan fingerprint density at radius 2 is 1.81 bits per heavy atom. The molecule has 1 aromatic carbocycles. The molecule has 0 atom stereocenters. The summed E-state index contributed by atoms with van der Waals surface area (Å²) in [4.78, 5) is 17.7. The molecule has 4 aromatic rings. The number of aromatic nitrogens is 7. The van der Waals surface area contributed by atoms with Crippen molar-refractivity contribution in [3.63, 3.8) is 0 Å². The summed E-state index contributed by atoms with van der Waals surface area (Å²) >= 11 is 0. The van der Waals surface area contributed by atoms with Gasteiger partial charge in [0.1, 0.15) is 0 Å². The molecule has 0 radical (unpaired) electrons. The lowest BCUT2D eigenvalue weighted by Gasteiger charge is -2.09. The zero-order valence-corrected chi connectivity index (χ0v) is 18.7. The third-order valence-corrected chi connectivity index (χ3v) is 5.61. The number of pyridine rings is 1. The highest BCUT2D eigenvalue weighted by atomic mass is 16.1. The summed E-state index contributed by atoms with van der Waals surface area (Å²) in [6.07, 6.45) is 10.1. The number of hydrogen-bond donors (Lipinski definition) is 1. The molecule has 4 rings (SSSR count). The molecule has 0 aliphatic heterocycles. The maximum atomic E-state index is 13.2. The second kappa shape index (κ2) is 10.2. The van der Waals surface area contributed by atoms with Crippen LogP contribution in [0.5, 0.6) is 0 Å². The summed E-state index contributed by atoms with van der Waals surface area (Å²) in [5.74, 6) is 0.499. The molecule has 3 aromatic heterocycles. The summed E-state index contributed by atoms with van der Waals surface area (Å²) in [6, 6.07) is 11.7. The zero-order chi connectivity index (χ0) is 22.3. The number of aryl methyl sites for hydroxylation is 2. The molecule has 8 nitrogen and oxygen atoms in total. The van der Waals surface area contributed by atoms with Gasteiger partial charge in [0.15, 0.2) is 0 Å². The molecule has 0 aliphatic rings. The predicted octanol–water partition coefficient (Wildman–Crippen LogP) is 4.41. The second-order valence-electron chi connectivity index (χ2n) is 7.92. The van der Waals surface area contributed by atoms with Crippen molar-refractivity contribution in [1.29, 1.82) is 0 Å². The van der Waals surface area contributed by atoms with E-state index in [4.69, 9.17) is 0 Å². The van der Waals surface area contributed by atoms with E-state index in [1.807, 2.05) is 51.7 Å². The fourth-order valence-corrected chi connectivity index (χ4v) is 3.91. The third-order valence-electron chi connectivity index (χ3n) is 5.61. The molecular weight excluding hydrogens is 402 g/mol. The van der Waals surface area contributed by atoms with Crippen LogP contribution in [0.4, 0.5) is 0 Å². The number of rotatable bonds is 10. The molecule has 166 valence electrons. The highest BCUT2D eigenvalue weighted by Crippen LogP contribution is 2.28. The number of unbranched alkanes of at least 4 members (excludes halogenated alkanes) is 3. The Morgan fingerprint density at radius 3 is 2.53 bits per heavy atom. The molecule has 0 aliphatic carbocycles. The van der Waals surface area contributed by atoms with Gasteiger partial charge in [-0.15, -0.1) is 10.2 Å². The van der Waals surface area contributed by atoms with Crippen molar-refractivity contribution in [1.82, 2.24) is 34.7 Å². The molecule has 0 bridgehead atoms. The number of H-pyrrole nitrogens is 1. The van der Waals surface area contributed by atoms with Gasteiger partial charge in [-0.3, -0.25) is 14.1 Å². The van der Waals surface area contributed by atoms with E-state index in [1.165, 1.54) is 0 Å². The molecule has 1 N–H and O–H groups in total. The zero-order valence-electron chi connectivity index (χ0n) is 18.7. The summed E-state index contributed by atoms with van der Waals surface area (Å²) in [6.45, 7) is 5.11. The molecule has 0 unspecified atom stereocenters. The quantitative estimate of drug-likeness (QED) is 0.375. The van der Waals surface area contributed by atoms with Crippen LogP contribution in [-0.2, 0) is 13.0 Å². The van der Waals surface area contributed by atoms with E-state index in [0.29, 0.717) is 5.82 Å². The van der Waals surface area contributed by atoms with Crippen LogP contribution >= 0.6 is 0 Å². The fraction of sp³-hybridized carbons (Fsp3) is 0.375. The minimum absolute atomic E-state index is 0.0327. The average Bonchev–Trinajstić information content (AvgIpc) is 3.47. The summed E-state index contributed by atoms with van der Waals surface area (Å²) < 4.78 is 3.71. The summed E-state index contributed by atoms with van der Waals surface area (Å²) in [5, 5.41) is 14.3. The van der Waals surface area contributed by atoms with Crippen molar-refractivity contribution < 1.29 is 0 Å². The Hall–Kier alpha value is -3.55. The lowest BCUT2D eigenvalue weighted by atomic mass is 10.0. The third kappa shape index (κ3) is 4.54. The maximum absolute atomic E-state index is 13.2. The summed E-state index contributed by atoms with van der Waals surface area (Å²) in [5.41, 5.74) is 4.47. The van der Waals surface area contributed by atoms with E-state index in [2.05, 4.69) is 39.5 Å². The SMILES string of the molecule is CCCCCn1cc(CCCC)n(-c2ccc(-c3ncccc3-c3nn[nH]n3)cc2)c1=O. The topological polar surface area (TPSA) is 94.3 Å². The number of imidazole rings is 1. The van der Waals surface area contributed by atoms with Gasteiger partial charge in [0.2, 0.25) is 5.82 Å². The first kappa shape index (κ1) is 21.7. The van der Waals surface area contributed by atoms with Gasteiger partial charge >= 0.3 is 5.69 Å². The monoisotopic (exact) mass is 431 g/mol. The van der Waals surface area contributed by atoms with Crippen molar-refractivity contribution in [2.45, 2.75) is 58.9 Å². The van der Waals surface area contributed by atoms with Crippen LogP contribution in [0.2, 0.25) is 0 Å². The van der Waals surface area contributed by atoms with Gasteiger partial charge in [-0.1, -0.05) is 45.2 Å². The first-order valence-corrected chi connectivity index (χ1v) is 11.3. The smallest absolute Gasteiger partial charge is 0.299 e. The van der Waals surface area contributed by atoms with E-state index in [1.54, 1.807) is 6.20 Å². The minimum atomic E-state index is 0.0327. The van der Waals surface area contributed by atoms with Crippen LogP contribution in [0.3, 0.4) is 0 Å². The van der Waals surface area contributed by atoms with Crippen LogP contribution in [-0.4, -0.2) is 34.7 Å². The van der Waals surface area contributed by atoms with Crippen molar-refractivity contribution in [3.05, 3.63) is 65.0 Å². The molecule has 0 amide bonds. The van der Waals surface area contributed by atoms with Crippen LogP contribution in [0.1, 0.15) is 51.6 Å². The first-order chi connectivity index (χ1) is 15.7. The number of benzene rings is 1. The molecule has 8 heteroatoms. The number of aromatic amines is 1. The van der Waals surface area contributed by atoms with Gasteiger partial charge in [-0.05, 0) is 48.7 Å². The standard InChI is InChI=1S/C24H29N7O/c1-3-5-7-16-30-17-20(9-6-4-2)31(24(30)32)19-13-11-18(12-14-19)22-21(10-8-15-25-22)23-26-28-29-27-23/h8,10-15,17H,3-7,9,16H2,1-2H3,(H,26,27,28,29). The van der Waals surface area contributed by atoms with E-state index < -0.39 is 0 Å². The van der Waals surface area contributed by atoms with E-state index in [9.17, 15) is 4.79 Å². The maximum Gasteiger partial charge on any atom is 0.332 e. The van der Waals surface area contributed by atoms with Crippen molar-refractivity contribution in [2.75, 3.05) is 0 Å². The molecule has 0 fully saturated rings. The van der Waals surface area contributed by atoms with Crippen molar-refractivity contribution >= 4 is 0 Å². The van der Waals surface area contributed by atoms with E-state index in [-0.39, 0.29) is 5.69 Å². The molecule has 32 heavy (non-hydrogen) atoms. The van der Waals surface area contributed by atoms with Gasteiger partial charge < -0.3 is 0 Å². The molecule has 0 saturated carbocycles. The first-order valence-electron chi connectivity index (χ1n) is 11.3. The Labute approximate surface area is 187 Å². The number of nitrogens with one attached hydrogen (secondary N) is 1. The Balaban J connectivity index is 1.68.